The van der Waals surface area contributed by atoms with Gasteiger partial charge in [-0.25, -0.2) is 4.98 Å². The Hall–Kier alpha value is -5.25. The molecule has 0 spiro atoms. The summed E-state index contributed by atoms with van der Waals surface area (Å²) < 4.78 is 7.53. The lowest BCUT2D eigenvalue weighted by molar-refractivity contribution is 0.603. The predicted octanol–water partition coefficient (Wildman–Crippen LogP) is 11.3. The normalized spacial score (nSPS) is 13.7. The van der Waals surface area contributed by atoms with E-state index in [4.69, 9.17) is 16.0 Å². The third kappa shape index (κ3) is 3.82. The maximum Gasteiger partial charge on any atom is 0.135 e. The van der Waals surface area contributed by atoms with Gasteiger partial charge in [0, 0.05) is 21.9 Å². The highest BCUT2D eigenvalue weighted by atomic mass is 32.1. The zero-order valence-corrected chi connectivity index (χ0v) is 24.1. The molecule has 0 unspecified atom stereocenters. The van der Waals surface area contributed by atoms with Gasteiger partial charge in [-0.2, -0.15) is 0 Å². The van der Waals surface area contributed by atoms with Crippen molar-refractivity contribution >= 4 is 65.7 Å². The molecule has 0 radical (unpaired) electrons. The van der Waals surface area contributed by atoms with E-state index < -0.39 is 0 Å². The number of hydrogen-bond donors (Lipinski definition) is 0. The molecule has 0 N–H and O–H groups in total. The molecule has 2 heterocycles. The van der Waals surface area contributed by atoms with E-state index in [1.807, 2.05) is 18.2 Å². The first-order valence-electron chi connectivity index (χ1n) is 14.5. The Morgan fingerprint density at radius 2 is 1.56 bits per heavy atom. The molecule has 9 rings (SSSR count). The van der Waals surface area contributed by atoms with Gasteiger partial charge < -0.3 is 4.42 Å². The van der Waals surface area contributed by atoms with Gasteiger partial charge in [-0.05, 0) is 86.8 Å². The van der Waals surface area contributed by atoms with E-state index in [1.54, 1.807) is 11.3 Å². The zero-order valence-electron chi connectivity index (χ0n) is 23.3. The molecule has 0 fully saturated rings. The van der Waals surface area contributed by atoms with Gasteiger partial charge in [0.2, 0.25) is 0 Å². The van der Waals surface area contributed by atoms with Crippen LogP contribution in [0.4, 0.5) is 0 Å². The molecule has 1 aliphatic rings. The maximum atomic E-state index is 6.33. The summed E-state index contributed by atoms with van der Waals surface area (Å²) in [5.41, 5.74) is 9.93. The molecule has 0 atom stereocenters. The smallest absolute Gasteiger partial charge is 0.135 e. The van der Waals surface area contributed by atoms with Crippen LogP contribution >= 0.6 is 11.3 Å². The number of para-hydroxylation sites is 1. The second kappa shape index (κ2) is 9.38. The minimum atomic E-state index is 0.828. The summed E-state index contributed by atoms with van der Waals surface area (Å²) >= 11 is 1.75. The molecule has 0 saturated heterocycles. The van der Waals surface area contributed by atoms with Gasteiger partial charge in [-0.3, -0.25) is 0 Å². The van der Waals surface area contributed by atoms with Crippen LogP contribution in [-0.2, 0) is 6.42 Å². The van der Waals surface area contributed by atoms with E-state index in [1.165, 1.54) is 42.9 Å². The van der Waals surface area contributed by atoms with E-state index in [0.29, 0.717) is 0 Å². The number of thiazole rings is 1. The van der Waals surface area contributed by atoms with Gasteiger partial charge in [0.05, 0.1) is 10.2 Å². The molecule has 0 saturated carbocycles. The maximum absolute atomic E-state index is 6.33. The van der Waals surface area contributed by atoms with Crippen molar-refractivity contribution in [3.05, 3.63) is 150 Å². The van der Waals surface area contributed by atoms with Crippen molar-refractivity contribution in [3.8, 4) is 21.7 Å². The molecule has 8 aromatic rings. The van der Waals surface area contributed by atoms with Gasteiger partial charge in [0.1, 0.15) is 16.4 Å². The predicted molar refractivity (Wildman–Crippen MR) is 183 cm³/mol. The molecule has 2 nitrogen and oxygen atoms in total. The molecular formula is C40H25NOS. The minimum absolute atomic E-state index is 0.828. The summed E-state index contributed by atoms with van der Waals surface area (Å²) in [6, 6.07) is 41.1. The van der Waals surface area contributed by atoms with E-state index in [-0.39, 0.29) is 0 Å². The Bertz CT molecular complexity index is 2440. The highest BCUT2D eigenvalue weighted by Crippen LogP contribution is 2.42. The summed E-state index contributed by atoms with van der Waals surface area (Å²) in [7, 11) is 0. The van der Waals surface area contributed by atoms with E-state index >= 15 is 0 Å². The Morgan fingerprint density at radius 1 is 0.698 bits per heavy atom. The summed E-state index contributed by atoms with van der Waals surface area (Å²) in [5, 5.41) is 6.99. The van der Waals surface area contributed by atoms with Crippen LogP contribution in [0.15, 0.2) is 132 Å². The van der Waals surface area contributed by atoms with Crippen LogP contribution in [0.2, 0.25) is 0 Å². The Labute approximate surface area is 252 Å². The van der Waals surface area contributed by atoms with Crippen molar-refractivity contribution in [1.82, 2.24) is 4.98 Å². The number of fused-ring (bicyclic) bond motifs is 6. The van der Waals surface area contributed by atoms with Gasteiger partial charge in [-0.1, -0.05) is 97.6 Å². The van der Waals surface area contributed by atoms with Crippen LogP contribution in [0.25, 0.3) is 76.1 Å². The topological polar surface area (TPSA) is 26.0 Å². The average molecular weight is 568 g/mol. The van der Waals surface area contributed by atoms with Gasteiger partial charge >= 0.3 is 0 Å². The van der Waals surface area contributed by atoms with Gasteiger partial charge in [0.25, 0.3) is 0 Å². The summed E-state index contributed by atoms with van der Waals surface area (Å²) in [6.45, 7) is 4.70. The van der Waals surface area contributed by atoms with Crippen LogP contribution in [0.1, 0.15) is 22.5 Å². The van der Waals surface area contributed by atoms with E-state index in [9.17, 15) is 0 Å². The van der Waals surface area contributed by atoms with E-state index in [2.05, 4.69) is 109 Å². The molecule has 0 bridgehead atoms. The highest BCUT2D eigenvalue weighted by Gasteiger charge is 2.21. The fourth-order valence-corrected chi connectivity index (χ4v) is 7.58. The van der Waals surface area contributed by atoms with Crippen molar-refractivity contribution in [2.45, 2.75) is 6.42 Å². The quantitative estimate of drug-likeness (QED) is 0.208. The lowest BCUT2D eigenvalue weighted by Crippen LogP contribution is -1.94. The SMILES string of the molecule is C=C1c2c(oc3ccccc23)/C=C\Cc2cccc3cc(-c4ccc5ccc6sc(-c7ccccc7)nc6c5c4)cc1c23. The lowest BCUT2D eigenvalue weighted by Gasteiger charge is -2.16. The van der Waals surface area contributed by atoms with E-state index in [0.717, 1.165) is 55.9 Å². The van der Waals surface area contributed by atoms with Crippen molar-refractivity contribution in [1.29, 1.82) is 0 Å². The first kappa shape index (κ1) is 24.4. The van der Waals surface area contributed by atoms with Crippen molar-refractivity contribution in [2.24, 2.45) is 0 Å². The Balaban J connectivity index is 1.27. The minimum Gasteiger partial charge on any atom is -0.456 e. The fraction of sp³-hybridized carbons (Fsp3) is 0.0250. The molecule has 0 aliphatic heterocycles. The summed E-state index contributed by atoms with van der Waals surface area (Å²) in [4.78, 5) is 5.13. The summed E-state index contributed by atoms with van der Waals surface area (Å²) in [6.07, 6.45) is 5.14. The number of benzene rings is 6. The monoisotopic (exact) mass is 567 g/mol. The van der Waals surface area contributed by atoms with Crippen LogP contribution < -0.4 is 0 Å². The first-order chi connectivity index (χ1) is 21.2. The van der Waals surface area contributed by atoms with Crippen molar-refractivity contribution in [3.63, 3.8) is 0 Å². The average Bonchev–Trinajstić information content (AvgIpc) is 3.67. The number of allylic oxidation sites excluding steroid dienone is 1. The number of furan rings is 1. The number of rotatable bonds is 2. The molecule has 1 aliphatic carbocycles. The Kier molecular flexibility index (Phi) is 5.32. The molecule has 6 aromatic carbocycles. The standard InChI is InChI=1S/C40H25NOS/c1-24-32-23-30(28-18-17-25-19-20-36-39(33(25)22-28)41-40(43-36)27-9-3-2-4-10-27)21-29-13-7-11-26(38(29)32)12-8-16-35-37(24)31-14-5-6-15-34(31)42-35/h2-11,13-23H,1,12H2/b16-8-. The molecule has 2 aromatic heterocycles. The fourth-order valence-electron chi connectivity index (χ4n) is 6.59. The number of hydrogen-bond acceptors (Lipinski definition) is 3. The highest BCUT2D eigenvalue weighted by molar-refractivity contribution is 7.21. The summed E-state index contributed by atoms with van der Waals surface area (Å²) in [5.74, 6) is 0.864. The van der Waals surface area contributed by atoms with Crippen molar-refractivity contribution in [2.75, 3.05) is 0 Å². The second-order valence-corrected chi connectivity index (χ2v) is 12.2. The van der Waals surface area contributed by atoms with Crippen LogP contribution in [-0.4, -0.2) is 4.98 Å². The first-order valence-corrected chi connectivity index (χ1v) is 15.4. The second-order valence-electron chi connectivity index (χ2n) is 11.2. The molecule has 43 heavy (non-hydrogen) atoms. The lowest BCUT2D eigenvalue weighted by atomic mass is 9.87. The Morgan fingerprint density at radius 3 is 2.49 bits per heavy atom. The van der Waals surface area contributed by atoms with Crippen molar-refractivity contribution < 1.29 is 4.42 Å². The molecular weight excluding hydrogens is 543 g/mol. The van der Waals surface area contributed by atoms with Gasteiger partial charge in [-0.15, -0.1) is 11.3 Å². The third-order valence-electron chi connectivity index (χ3n) is 8.65. The van der Waals surface area contributed by atoms with Gasteiger partial charge in [0.15, 0.2) is 0 Å². The third-order valence-corrected chi connectivity index (χ3v) is 9.72. The molecule has 202 valence electrons. The number of aromatic nitrogens is 1. The number of nitrogens with zero attached hydrogens (tertiary/aromatic N) is 1. The van der Waals surface area contributed by atoms with Crippen LogP contribution in [0.3, 0.4) is 0 Å². The largest absolute Gasteiger partial charge is 0.456 e. The molecule has 0 amide bonds. The van der Waals surface area contributed by atoms with Crippen LogP contribution in [0, 0.1) is 0 Å². The molecule has 3 heteroatoms. The van der Waals surface area contributed by atoms with Crippen LogP contribution in [0.5, 0.6) is 0 Å². The zero-order chi connectivity index (χ0) is 28.5.